The van der Waals surface area contributed by atoms with Gasteiger partial charge in [-0.05, 0) is 18.1 Å². The van der Waals surface area contributed by atoms with E-state index in [1.165, 1.54) is 26.4 Å². The number of carboxylic acid groups (broad SMARTS) is 1. The molecule has 0 atom stereocenters. The van der Waals surface area contributed by atoms with E-state index in [0.717, 1.165) is 0 Å². The molecule has 1 aliphatic carbocycles. The molecular formula is C15H17F2NO5. The average molecular weight is 329 g/mol. The molecule has 0 unspecified atom stereocenters. The lowest BCUT2D eigenvalue weighted by Crippen LogP contribution is -2.37. The normalized spacial score (nSPS) is 16.3. The average Bonchev–Trinajstić information content (AvgIpc) is 2.44. The monoisotopic (exact) mass is 329 g/mol. The largest absolute Gasteiger partial charge is 0.493 e. The number of amides is 1. The number of aromatic carboxylic acids is 1. The Morgan fingerprint density at radius 1 is 1.30 bits per heavy atom. The van der Waals surface area contributed by atoms with Crippen LogP contribution in [0.4, 0.5) is 14.5 Å². The number of benzene rings is 1. The van der Waals surface area contributed by atoms with Crippen LogP contribution in [-0.2, 0) is 4.79 Å². The third kappa shape index (κ3) is 3.88. The molecule has 0 spiro atoms. The molecule has 1 amide bonds. The maximum absolute atomic E-state index is 12.8. The zero-order valence-corrected chi connectivity index (χ0v) is 12.7. The van der Waals surface area contributed by atoms with Gasteiger partial charge in [0.05, 0.1) is 25.5 Å². The molecule has 8 heteroatoms. The zero-order valence-electron chi connectivity index (χ0n) is 12.7. The lowest BCUT2D eigenvalue weighted by atomic mass is 9.79. The van der Waals surface area contributed by atoms with E-state index in [4.69, 9.17) is 14.6 Å². The fourth-order valence-corrected chi connectivity index (χ4v) is 2.57. The van der Waals surface area contributed by atoms with Crippen LogP contribution in [0.25, 0.3) is 0 Å². The van der Waals surface area contributed by atoms with Crippen molar-refractivity contribution in [3.8, 4) is 11.5 Å². The van der Waals surface area contributed by atoms with Crippen molar-refractivity contribution in [2.75, 3.05) is 19.5 Å². The van der Waals surface area contributed by atoms with Crippen molar-refractivity contribution in [2.45, 2.75) is 25.2 Å². The van der Waals surface area contributed by atoms with Crippen LogP contribution in [0, 0.1) is 5.92 Å². The van der Waals surface area contributed by atoms with E-state index in [1.807, 2.05) is 0 Å². The van der Waals surface area contributed by atoms with Crippen LogP contribution in [0.1, 0.15) is 29.6 Å². The van der Waals surface area contributed by atoms with Gasteiger partial charge in [-0.3, -0.25) is 4.79 Å². The fourth-order valence-electron chi connectivity index (χ4n) is 2.57. The topological polar surface area (TPSA) is 84.9 Å². The SMILES string of the molecule is COc1cc(C(=O)O)cc(NC(=O)CC2CC(F)(F)C2)c1OC. The zero-order chi connectivity index (χ0) is 17.2. The second-order valence-electron chi connectivity index (χ2n) is 5.45. The Balaban J connectivity index is 2.15. The molecule has 1 aliphatic rings. The Bertz CT molecular complexity index is 625. The van der Waals surface area contributed by atoms with Crippen molar-refractivity contribution in [1.82, 2.24) is 0 Å². The highest BCUT2D eigenvalue weighted by atomic mass is 19.3. The number of nitrogens with one attached hydrogen (secondary N) is 1. The number of methoxy groups -OCH3 is 2. The van der Waals surface area contributed by atoms with E-state index >= 15 is 0 Å². The molecule has 1 saturated carbocycles. The van der Waals surface area contributed by atoms with Crippen LogP contribution in [0.2, 0.25) is 0 Å². The number of ether oxygens (including phenoxy) is 2. The molecule has 2 rings (SSSR count). The Labute approximate surface area is 131 Å². The van der Waals surface area contributed by atoms with Crippen LogP contribution < -0.4 is 14.8 Å². The second-order valence-corrected chi connectivity index (χ2v) is 5.45. The van der Waals surface area contributed by atoms with Crippen LogP contribution in [-0.4, -0.2) is 37.1 Å². The Kier molecular flexibility index (Phi) is 4.72. The molecule has 2 N–H and O–H groups in total. The summed E-state index contributed by atoms with van der Waals surface area (Å²) in [4.78, 5) is 23.1. The summed E-state index contributed by atoms with van der Waals surface area (Å²) in [5.41, 5.74) is 0.0356. The molecule has 0 saturated heterocycles. The third-order valence-corrected chi connectivity index (χ3v) is 3.65. The van der Waals surface area contributed by atoms with Gasteiger partial charge >= 0.3 is 5.97 Å². The first-order valence-electron chi connectivity index (χ1n) is 6.92. The van der Waals surface area contributed by atoms with Crippen LogP contribution in [0.3, 0.4) is 0 Å². The van der Waals surface area contributed by atoms with Gasteiger partial charge in [0.25, 0.3) is 0 Å². The van der Waals surface area contributed by atoms with Gasteiger partial charge in [0.2, 0.25) is 11.8 Å². The first-order chi connectivity index (χ1) is 10.8. The Hall–Kier alpha value is -2.38. The van der Waals surface area contributed by atoms with Gasteiger partial charge < -0.3 is 19.9 Å². The summed E-state index contributed by atoms with van der Waals surface area (Å²) >= 11 is 0. The van der Waals surface area contributed by atoms with Gasteiger partial charge in [0.1, 0.15) is 0 Å². The molecule has 0 radical (unpaired) electrons. The minimum atomic E-state index is -2.69. The van der Waals surface area contributed by atoms with E-state index < -0.39 is 17.8 Å². The summed E-state index contributed by atoms with van der Waals surface area (Å²) in [5.74, 6) is -4.41. The first kappa shape index (κ1) is 17.0. The van der Waals surface area contributed by atoms with Crippen LogP contribution in [0.5, 0.6) is 11.5 Å². The van der Waals surface area contributed by atoms with Gasteiger partial charge in [-0.25, -0.2) is 13.6 Å². The van der Waals surface area contributed by atoms with Gasteiger partial charge in [0, 0.05) is 19.3 Å². The van der Waals surface area contributed by atoms with Crippen molar-refractivity contribution >= 4 is 17.6 Å². The maximum Gasteiger partial charge on any atom is 0.335 e. The molecule has 1 aromatic carbocycles. The smallest absolute Gasteiger partial charge is 0.335 e. The maximum atomic E-state index is 12.8. The van der Waals surface area contributed by atoms with E-state index in [2.05, 4.69) is 5.32 Å². The summed E-state index contributed by atoms with van der Waals surface area (Å²) in [6.45, 7) is 0. The van der Waals surface area contributed by atoms with E-state index in [-0.39, 0.29) is 47.9 Å². The lowest BCUT2D eigenvalue weighted by molar-refractivity contribution is -0.129. The molecule has 6 nitrogen and oxygen atoms in total. The molecule has 126 valence electrons. The van der Waals surface area contributed by atoms with E-state index in [1.54, 1.807) is 0 Å². The molecule has 23 heavy (non-hydrogen) atoms. The Morgan fingerprint density at radius 3 is 2.43 bits per heavy atom. The molecule has 1 fully saturated rings. The summed E-state index contributed by atoms with van der Waals surface area (Å²) < 4.78 is 35.8. The van der Waals surface area contributed by atoms with Crippen molar-refractivity contribution in [3.05, 3.63) is 17.7 Å². The molecule has 0 heterocycles. The summed E-state index contributed by atoms with van der Waals surface area (Å²) in [7, 11) is 2.69. The molecule has 0 bridgehead atoms. The number of rotatable bonds is 6. The standard InChI is InChI=1S/C15H17F2NO5/c1-22-11-5-9(14(20)21)4-10(13(11)23-2)18-12(19)3-8-6-15(16,17)7-8/h4-5,8H,3,6-7H2,1-2H3,(H,18,19)(H,20,21). The predicted octanol–water partition coefficient (Wildman–Crippen LogP) is 2.78. The van der Waals surface area contributed by atoms with Crippen molar-refractivity contribution < 1.29 is 33.0 Å². The summed E-state index contributed by atoms with van der Waals surface area (Å²) in [6.07, 6.45) is -0.676. The van der Waals surface area contributed by atoms with Crippen LogP contribution in [0.15, 0.2) is 12.1 Å². The van der Waals surface area contributed by atoms with Crippen molar-refractivity contribution in [2.24, 2.45) is 5.92 Å². The number of halogens is 2. The number of hydrogen-bond acceptors (Lipinski definition) is 4. The van der Waals surface area contributed by atoms with Gasteiger partial charge in [0.15, 0.2) is 11.5 Å². The number of anilines is 1. The second kappa shape index (κ2) is 6.39. The minimum Gasteiger partial charge on any atom is -0.493 e. The van der Waals surface area contributed by atoms with Gasteiger partial charge in [-0.1, -0.05) is 0 Å². The molecular weight excluding hydrogens is 312 g/mol. The number of carboxylic acids is 1. The van der Waals surface area contributed by atoms with E-state index in [0.29, 0.717) is 0 Å². The number of carbonyl (C=O) groups is 2. The first-order valence-corrected chi connectivity index (χ1v) is 6.92. The number of alkyl halides is 2. The highest BCUT2D eigenvalue weighted by Gasteiger charge is 2.45. The molecule has 0 aliphatic heterocycles. The fraction of sp³-hybridized carbons (Fsp3) is 0.467. The number of hydrogen-bond donors (Lipinski definition) is 2. The Morgan fingerprint density at radius 2 is 1.96 bits per heavy atom. The molecule has 0 aromatic heterocycles. The van der Waals surface area contributed by atoms with Gasteiger partial charge in [-0.2, -0.15) is 0 Å². The number of carbonyl (C=O) groups excluding carboxylic acids is 1. The summed E-state index contributed by atoms with van der Waals surface area (Å²) in [6, 6.07) is 2.50. The minimum absolute atomic E-state index is 0.0572. The van der Waals surface area contributed by atoms with Crippen molar-refractivity contribution in [3.63, 3.8) is 0 Å². The highest BCUT2D eigenvalue weighted by Crippen LogP contribution is 2.44. The summed E-state index contributed by atoms with van der Waals surface area (Å²) in [5, 5.41) is 11.6. The van der Waals surface area contributed by atoms with Crippen LogP contribution >= 0.6 is 0 Å². The molecule has 1 aromatic rings. The lowest BCUT2D eigenvalue weighted by Gasteiger charge is -2.34. The van der Waals surface area contributed by atoms with E-state index in [9.17, 15) is 18.4 Å². The third-order valence-electron chi connectivity index (χ3n) is 3.65. The highest BCUT2D eigenvalue weighted by molar-refractivity contribution is 5.96. The van der Waals surface area contributed by atoms with Gasteiger partial charge in [-0.15, -0.1) is 0 Å². The predicted molar refractivity (Wildman–Crippen MR) is 77.4 cm³/mol. The quantitative estimate of drug-likeness (QED) is 0.838. The van der Waals surface area contributed by atoms with Crippen molar-refractivity contribution in [1.29, 1.82) is 0 Å².